The maximum atomic E-state index is 13.6. The van der Waals surface area contributed by atoms with Crippen molar-refractivity contribution in [3.05, 3.63) is 70.5 Å². The van der Waals surface area contributed by atoms with Gasteiger partial charge < -0.3 is 10.6 Å². The number of nitrogens with zero attached hydrogens (tertiary/aromatic N) is 2. The number of carbonyl (C=O) groups excluding carboxylic acids is 1. The van der Waals surface area contributed by atoms with E-state index in [1.165, 1.54) is 12.1 Å². The number of anilines is 1. The lowest BCUT2D eigenvalue weighted by atomic mass is 9.93. The smallest absolute Gasteiger partial charge is 0.280 e. The van der Waals surface area contributed by atoms with E-state index in [0.717, 1.165) is 37.5 Å². The van der Waals surface area contributed by atoms with Crippen LogP contribution in [0.15, 0.2) is 47.5 Å². The van der Waals surface area contributed by atoms with Gasteiger partial charge in [0, 0.05) is 28.3 Å². The van der Waals surface area contributed by atoms with Gasteiger partial charge in [-0.1, -0.05) is 11.6 Å². The molecule has 0 unspecified atom stereocenters. The summed E-state index contributed by atoms with van der Waals surface area (Å²) in [7, 11) is 0. The Morgan fingerprint density at radius 3 is 2.58 bits per heavy atom. The minimum absolute atomic E-state index is 0.0919. The summed E-state index contributed by atoms with van der Waals surface area (Å²) in [4.78, 5) is 16.4. The van der Waals surface area contributed by atoms with Gasteiger partial charge in [0.1, 0.15) is 5.82 Å². The van der Waals surface area contributed by atoms with Gasteiger partial charge in [-0.05, 0) is 55.7 Å². The summed E-state index contributed by atoms with van der Waals surface area (Å²) in [6, 6.07) is 8.63. The van der Waals surface area contributed by atoms with Crippen LogP contribution >= 0.6 is 11.6 Å². The second-order valence-electron chi connectivity index (χ2n) is 7.12. The van der Waals surface area contributed by atoms with Crippen molar-refractivity contribution in [1.29, 1.82) is 0 Å². The molecule has 31 heavy (non-hydrogen) atoms. The molecule has 3 N–H and O–H groups in total. The highest BCUT2D eigenvalue weighted by molar-refractivity contribution is 6.30. The molecule has 0 saturated heterocycles. The molecule has 0 aliphatic heterocycles. The van der Waals surface area contributed by atoms with Gasteiger partial charge in [0.15, 0.2) is 17.5 Å². The highest BCUT2D eigenvalue weighted by Crippen LogP contribution is 2.25. The Balaban J connectivity index is 1.57. The molecule has 1 amide bonds. The number of aromatic nitrogens is 2. The van der Waals surface area contributed by atoms with Crippen LogP contribution in [0.5, 0.6) is 0 Å². The number of guanidine groups is 1. The second-order valence-corrected chi connectivity index (χ2v) is 7.55. The first-order valence-electron chi connectivity index (χ1n) is 9.51. The maximum Gasteiger partial charge on any atom is 0.280 e. The van der Waals surface area contributed by atoms with Crippen LogP contribution in [0.25, 0.3) is 11.3 Å². The summed E-state index contributed by atoms with van der Waals surface area (Å²) < 4.78 is 40.2. The molecule has 0 atom stereocenters. The van der Waals surface area contributed by atoms with Gasteiger partial charge in [0.2, 0.25) is 5.96 Å². The molecule has 1 heterocycles. The molecule has 0 radical (unpaired) electrons. The van der Waals surface area contributed by atoms with Crippen LogP contribution in [0.3, 0.4) is 0 Å². The van der Waals surface area contributed by atoms with Gasteiger partial charge >= 0.3 is 0 Å². The Morgan fingerprint density at radius 1 is 1.10 bits per heavy atom. The molecule has 6 nitrogen and oxygen atoms in total. The number of hydrogen-bond acceptors (Lipinski definition) is 2. The molecule has 1 aliphatic rings. The van der Waals surface area contributed by atoms with Gasteiger partial charge in [-0.2, -0.15) is 10.1 Å². The lowest BCUT2D eigenvalue weighted by molar-refractivity contribution is 0.100. The number of benzene rings is 2. The number of hydrogen-bond donors (Lipinski definition) is 3. The normalized spacial score (nSPS) is 14.3. The quantitative estimate of drug-likeness (QED) is 0.392. The Bertz CT molecular complexity index is 1140. The molecular weight excluding hydrogens is 431 g/mol. The lowest BCUT2D eigenvalue weighted by Gasteiger charge is -2.27. The summed E-state index contributed by atoms with van der Waals surface area (Å²) in [5.41, 5.74) is 0.901. The molecule has 160 valence electrons. The number of halogens is 4. The number of rotatable bonds is 4. The molecule has 4 rings (SSSR count). The molecular formula is C21H17ClF3N5O. The van der Waals surface area contributed by atoms with E-state index >= 15 is 0 Å². The monoisotopic (exact) mass is 447 g/mol. The summed E-state index contributed by atoms with van der Waals surface area (Å²) >= 11 is 5.90. The van der Waals surface area contributed by atoms with Gasteiger partial charge in [-0.3, -0.25) is 9.89 Å². The van der Waals surface area contributed by atoms with E-state index in [1.54, 1.807) is 12.1 Å². The zero-order valence-corrected chi connectivity index (χ0v) is 16.8. The van der Waals surface area contributed by atoms with Crippen LogP contribution in [0.4, 0.5) is 19.0 Å². The van der Waals surface area contributed by atoms with Gasteiger partial charge in [0.05, 0.1) is 5.69 Å². The number of H-pyrrole nitrogens is 1. The third-order valence-corrected chi connectivity index (χ3v) is 5.04. The highest BCUT2D eigenvalue weighted by atomic mass is 35.5. The first-order chi connectivity index (χ1) is 14.9. The largest absolute Gasteiger partial charge is 0.353 e. The molecule has 0 spiro atoms. The number of aromatic amines is 1. The van der Waals surface area contributed by atoms with Crippen molar-refractivity contribution in [1.82, 2.24) is 15.5 Å². The van der Waals surface area contributed by atoms with Crippen molar-refractivity contribution in [2.75, 3.05) is 5.32 Å². The van der Waals surface area contributed by atoms with Crippen molar-refractivity contribution >= 4 is 29.3 Å². The Hall–Kier alpha value is -3.33. The zero-order chi connectivity index (χ0) is 22.0. The first kappa shape index (κ1) is 20.9. The van der Waals surface area contributed by atoms with Crippen LogP contribution in [0, 0.1) is 17.5 Å². The molecule has 1 saturated carbocycles. The van der Waals surface area contributed by atoms with Crippen molar-refractivity contribution in [3.8, 4) is 11.3 Å². The summed E-state index contributed by atoms with van der Waals surface area (Å²) in [5, 5.41) is 13.1. The van der Waals surface area contributed by atoms with E-state index in [9.17, 15) is 18.0 Å². The van der Waals surface area contributed by atoms with Crippen LogP contribution < -0.4 is 10.6 Å². The minimum Gasteiger partial charge on any atom is -0.353 e. The van der Waals surface area contributed by atoms with Crippen LogP contribution in [-0.4, -0.2) is 28.1 Å². The van der Waals surface area contributed by atoms with Crippen LogP contribution in [0.1, 0.15) is 29.6 Å². The lowest BCUT2D eigenvalue weighted by Crippen LogP contribution is -2.43. The van der Waals surface area contributed by atoms with Crippen molar-refractivity contribution in [2.24, 2.45) is 4.99 Å². The third kappa shape index (κ3) is 5.05. The third-order valence-electron chi connectivity index (χ3n) is 4.82. The highest BCUT2D eigenvalue weighted by Gasteiger charge is 2.20. The first-order valence-corrected chi connectivity index (χ1v) is 9.89. The molecule has 10 heteroatoms. The second kappa shape index (κ2) is 8.81. The number of nitrogens with one attached hydrogen (secondary N) is 3. The predicted molar refractivity (Wildman–Crippen MR) is 112 cm³/mol. The average molecular weight is 448 g/mol. The fraction of sp³-hybridized carbons (Fsp3) is 0.190. The van der Waals surface area contributed by atoms with Gasteiger partial charge in [0.25, 0.3) is 5.91 Å². The maximum absolute atomic E-state index is 13.6. The minimum atomic E-state index is -1.13. The Morgan fingerprint density at radius 2 is 1.90 bits per heavy atom. The molecule has 1 fully saturated rings. The molecule has 1 aromatic heterocycles. The Kier molecular flexibility index (Phi) is 5.94. The predicted octanol–water partition coefficient (Wildman–Crippen LogP) is 4.90. The fourth-order valence-corrected chi connectivity index (χ4v) is 3.22. The van der Waals surface area contributed by atoms with E-state index in [2.05, 4.69) is 25.8 Å². The van der Waals surface area contributed by atoms with Crippen LogP contribution in [-0.2, 0) is 0 Å². The summed E-state index contributed by atoms with van der Waals surface area (Å²) in [5.74, 6) is -2.98. The number of amides is 1. The van der Waals surface area contributed by atoms with Gasteiger partial charge in [-0.25, -0.2) is 13.2 Å². The number of carbonyl (C=O) groups is 1. The number of aliphatic imine (C=N–C) groups is 1. The van der Waals surface area contributed by atoms with E-state index in [4.69, 9.17) is 11.6 Å². The topological polar surface area (TPSA) is 82.2 Å². The summed E-state index contributed by atoms with van der Waals surface area (Å²) in [6.45, 7) is 0. The summed E-state index contributed by atoms with van der Waals surface area (Å²) in [6.07, 6.45) is 2.87. The molecule has 2 aromatic carbocycles. The van der Waals surface area contributed by atoms with Crippen molar-refractivity contribution in [2.45, 2.75) is 25.3 Å². The fourth-order valence-electron chi connectivity index (χ4n) is 3.00. The van der Waals surface area contributed by atoms with Crippen molar-refractivity contribution in [3.63, 3.8) is 0 Å². The standard InChI is InChI=1S/C21H17ClF3N5O/c22-13-6-12(7-14(23)9-13)18-10-19(30-29-18)27-21(26-15-2-1-3-15)28-20(31)11-4-5-16(24)17(25)8-11/h4-10,15H,1-3H2,(H3,26,27,28,29,30,31). The van der Waals surface area contributed by atoms with Crippen molar-refractivity contribution < 1.29 is 18.0 Å². The Labute approximate surface area is 180 Å². The molecule has 1 aliphatic carbocycles. The molecule has 3 aromatic rings. The van der Waals surface area contributed by atoms with E-state index in [1.807, 2.05) is 0 Å². The molecule has 0 bridgehead atoms. The van der Waals surface area contributed by atoms with E-state index in [0.29, 0.717) is 17.1 Å². The van der Waals surface area contributed by atoms with Gasteiger partial charge in [-0.15, -0.1) is 0 Å². The average Bonchev–Trinajstić information content (AvgIpc) is 3.14. The van der Waals surface area contributed by atoms with E-state index in [-0.39, 0.29) is 22.6 Å². The van der Waals surface area contributed by atoms with E-state index < -0.39 is 23.4 Å². The SMILES string of the molecule is O=C(/N=C(\Nc1cc(-c2cc(F)cc(Cl)c2)[nH]n1)NC1CCC1)c1ccc(F)c(F)c1. The zero-order valence-electron chi connectivity index (χ0n) is 16.1. The van der Waals surface area contributed by atoms with Crippen LogP contribution in [0.2, 0.25) is 5.02 Å².